The van der Waals surface area contributed by atoms with E-state index in [0.29, 0.717) is 0 Å². The summed E-state index contributed by atoms with van der Waals surface area (Å²) < 4.78 is 39.2. The minimum absolute atomic E-state index is 0.0976. The third-order valence-electron chi connectivity index (χ3n) is 5.86. The summed E-state index contributed by atoms with van der Waals surface area (Å²) in [7, 11) is -3.83. The Morgan fingerprint density at radius 1 is 1.06 bits per heavy atom. The number of anilines is 1. The van der Waals surface area contributed by atoms with E-state index in [4.69, 9.17) is 0 Å². The van der Waals surface area contributed by atoms with Crippen molar-refractivity contribution in [1.82, 2.24) is 10.2 Å². The zero-order valence-electron chi connectivity index (χ0n) is 18.9. The summed E-state index contributed by atoms with van der Waals surface area (Å²) in [5.74, 6) is -1.30. The van der Waals surface area contributed by atoms with Crippen LogP contribution in [0.2, 0.25) is 0 Å². The van der Waals surface area contributed by atoms with E-state index in [0.717, 1.165) is 53.9 Å². The fourth-order valence-corrected chi connectivity index (χ4v) is 4.83. The number of rotatable bonds is 9. The number of amides is 2. The second kappa shape index (κ2) is 10.8. The van der Waals surface area contributed by atoms with E-state index in [1.54, 1.807) is 6.92 Å². The first-order chi connectivity index (χ1) is 15.6. The number of nitrogens with one attached hydrogen (secondary N) is 1. The van der Waals surface area contributed by atoms with Gasteiger partial charge in [0.25, 0.3) is 0 Å². The molecule has 9 heteroatoms. The lowest BCUT2D eigenvalue weighted by Crippen LogP contribution is -2.52. The summed E-state index contributed by atoms with van der Waals surface area (Å²) >= 11 is 0. The van der Waals surface area contributed by atoms with Gasteiger partial charge in [0, 0.05) is 12.6 Å². The van der Waals surface area contributed by atoms with Crippen molar-refractivity contribution in [3.05, 3.63) is 66.0 Å². The molecule has 0 aliphatic heterocycles. The number of benzene rings is 2. The van der Waals surface area contributed by atoms with Crippen LogP contribution in [-0.2, 0) is 26.2 Å². The molecule has 33 heavy (non-hydrogen) atoms. The van der Waals surface area contributed by atoms with Gasteiger partial charge in [0.05, 0.1) is 11.9 Å². The lowest BCUT2D eigenvalue weighted by atomic mass is 10.1. The van der Waals surface area contributed by atoms with Crippen molar-refractivity contribution in [2.24, 2.45) is 0 Å². The fourth-order valence-electron chi connectivity index (χ4n) is 3.98. The van der Waals surface area contributed by atoms with E-state index < -0.39 is 34.3 Å². The quantitative estimate of drug-likeness (QED) is 0.604. The second-order valence-corrected chi connectivity index (χ2v) is 10.3. The molecule has 1 atom stereocenters. The lowest BCUT2D eigenvalue weighted by molar-refractivity contribution is -0.139. The smallest absolute Gasteiger partial charge is 0.244 e. The third kappa shape index (κ3) is 6.77. The summed E-state index contributed by atoms with van der Waals surface area (Å²) in [6.07, 6.45) is 4.94. The molecule has 2 amide bonds. The van der Waals surface area contributed by atoms with Crippen LogP contribution in [0.5, 0.6) is 0 Å². The second-order valence-electron chi connectivity index (χ2n) is 8.42. The Labute approximate surface area is 194 Å². The number of halogens is 1. The van der Waals surface area contributed by atoms with Gasteiger partial charge in [-0.3, -0.25) is 13.9 Å². The predicted molar refractivity (Wildman–Crippen MR) is 125 cm³/mol. The van der Waals surface area contributed by atoms with E-state index in [9.17, 15) is 22.4 Å². The van der Waals surface area contributed by atoms with Gasteiger partial charge in [-0.15, -0.1) is 0 Å². The topological polar surface area (TPSA) is 86.8 Å². The Kier molecular flexibility index (Phi) is 8.07. The van der Waals surface area contributed by atoms with Crippen molar-refractivity contribution in [1.29, 1.82) is 0 Å². The molecule has 0 saturated heterocycles. The van der Waals surface area contributed by atoms with Gasteiger partial charge in [-0.25, -0.2) is 12.8 Å². The summed E-state index contributed by atoms with van der Waals surface area (Å²) in [6.45, 7) is 1.30. The molecule has 0 heterocycles. The summed E-state index contributed by atoms with van der Waals surface area (Å²) in [4.78, 5) is 27.7. The Bertz CT molecular complexity index is 1050. The molecule has 2 aromatic carbocycles. The Hall–Kier alpha value is -2.94. The summed E-state index contributed by atoms with van der Waals surface area (Å²) in [6, 6.07) is 13.4. The van der Waals surface area contributed by atoms with E-state index >= 15 is 0 Å². The first kappa shape index (κ1) is 24.7. The van der Waals surface area contributed by atoms with E-state index in [1.807, 2.05) is 30.3 Å². The van der Waals surface area contributed by atoms with Crippen molar-refractivity contribution >= 4 is 27.5 Å². The highest BCUT2D eigenvalue weighted by molar-refractivity contribution is 7.92. The number of hydrogen-bond acceptors (Lipinski definition) is 4. The van der Waals surface area contributed by atoms with Crippen LogP contribution < -0.4 is 9.62 Å². The van der Waals surface area contributed by atoms with Gasteiger partial charge in [0.1, 0.15) is 18.4 Å². The van der Waals surface area contributed by atoms with Crippen molar-refractivity contribution in [3.63, 3.8) is 0 Å². The Balaban J connectivity index is 1.84. The van der Waals surface area contributed by atoms with Crippen LogP contribution >= 0.6 is 0 Å². The first-order valence-corrected chi connectivity index (χ1v) is 12.9. The number of hydrogen-bond donors (Lipinski definition) is 1. The maximum absolute atomic E-state index is 13.4. The SMILES string of the molecule is C[C@H](C(=O)NC1CCCC1)N(Cc1ccccc1)C(=O)CN(c1ccc(F)cc1)S(C)(=O)=O. The number of sulfonamides is 1. The Morgan fingerprint density at radius 3 is 2.24 bits per heavy atom. The fraction of sp³-hybridized carbons (Fsp3) is 0.417. The van der Waals surface area contributed by atoms with E-state index in [1.165, 1.54) is 17.0 Å². The number of nitrogens with zero attached hydrogens (tertiary/aromatic N) is 2. The van der Waals surface area contributed by atoms with Crippen LogP contribution in [0.1, 0.15) is 38.2 Å². The van der Waals surface area contributed by atoms with Gasteiger partial charge < -0.3 is 10.2 Å². The molecule has 1 saturated carbocycles. The first-order valence-electron chi connectivity index (χ1n) is 11.0. The number of carbonyl (C=O) groups excluding carboxylic acids is 2. The van der Waals surface area contributed by atoms with Crippen LogP contribution in [0.25, 0.3) is 0 Å². The predicted octanol–water partition coefficient (Wildman–Crippen LogP) is 3.07. The van der Waals surface area contributed by atoms with Crippen molar-refractivity contribution in [2.45, 2.75) is 51.2 Å². The highest BCUT2D eigenvalue weighted by Gasteiger charge is 2.31. The molecule has 3 rings (SSSR count). The average molecular weight is 476 g/mol. The van der Waals surface area contributed by atoms with Gasteiger partial charge in [0.15, 0.2) is 0 Å². The minimum atomic E-state index is -3.83. The molecule has 0 unspecified atom stereocenters. The molecule has 1 aliphatic carbocycles. The van der Waals surface area contributed by atoms with Crippen molar-refractivity contribution in [3.8, 4) is 0 Å². The molecule has 2 aromatic rings. The van der Waals surface area contributed by atoms with Crippen LogP contribution in [0.15, 0.2) is 54.6 Å². The van der Waals surface area contributed by atoms with E-state index in [-0.39, 0.29) is 24.2 Å². The third-order valence-corrected chi connectivity index (χ3v) is 7.00. The average Bonchev–Trinajstić information content (AvgIpc) is 3.29. The maximum Gasteiger partial charge on any atom is 0.244 e. The largest absolute Gasteiger partial charge is 0.352 e. The van der Waals surface area contributed by atoms with Gasteiger partial charge in [0.2, 0.25) is 21.8 Å². The monoisotopic (exact) mass is 475 g/mol. The molecule has 1 N–H and O–H groups in total. The van der Waals surface area contributed by atoms with Gasteiger partial charge in [-0.05, 0) is 49.6 Å². The van der Waals surface area contributed by atoms with Gasteiger partial charge in [-0.1, -0.05) is 43.2 Å². The van der Waals surface area contributed by atoms with Crippen LogP contribution in [0.4, 0.5) is 10.1 Å². The van der Waals surface area contributed by atoms with Crippen LogP contribution in [0, 0.1) is 5.82 Å². The standard InChI is InChI=1S/C24H30FN3O4S/c1-18(24(30)26-21-10-6-7-11-21)27(16-19-8-4-3-5-9-19)23(29)17-28(33(2,31)32)22-14-12-20(25)13-15-22/h3-5,8-9,12-15,18,21H,6-7,10-11,16-17H2,1-2H3,(H,26,30)/t18-/m1/s1. The summed E-state index contributed by atoms with van der Waals surface area (Å²) in [5.41, 5.74) is 0.994. The molecule has 0 spiro atoms. The number of carbonyl (C=O) groups is 2. The normalized spacial score (nSPS) is 15.1. The minimum Gasteiger partial charge on any atom is -0.352 e. The van der Waals surface area contributed by atoms with Crippen molar-refractivity contribution in [2.75, 3.05) is 17.1 Å². The van der Waals surface area contributed by atoms with Crippen LogP contribution in [0.3, 0.4) is 0 Å². The molecule has 1 aliphatic rings. The van der Waals surface area contributed by atoms with Gasteiger partial charge in [-0.2, -0.15) is 0 Å². The maximum atomic E-state index is 13.4. The van der Waals surface area contributed by atoms with Crippen LogP contribution in [-0.4, -0.2) is 50.0 Å². The molecule has 7 nitrogen and oxygen atoms in total. The zero-order valence-corrected chi connectivity index (χ0v) is 19.7. The van der Waals surface area contributed by atoms with E-state index in [2.05, 4.69) is 5.32 Å². The van der Waals surface area contributed by atoms with Crippen molar-refractivity contribution < 1.29 is 22.4 Å². The molecule has 0 bridgehead atoms. The zero-order chi connectivity index (χ0) is 24.0. The lowest BCUT2D eigenvalue weighted by Gasteiger charge is -2.32. The highest BCUT2D eigenvalue weighted by atomic mass is 32.2. The molecule has 0 radical (unpaired) electrons. The molecular weight excluding hydrogens is 445 g/mol. The molecule has 1 fully saturated rings. The Morgan fingerprint density at radius 2 is 1.67 bits per heavy atom. The molecular formula is C24H30FN3O4S. The molecule has 178 valence electrons. The summed E-state index contributed by atoms with van der Waals surface area (Å²) in [5, 5.41) is 3.01. The van der Waals surface area contributed by atoms with Gasteiger partial charge >= 0.3 is 0 Å². The molecule has 0 aromatic heterocycles. The highest BCUT2D eigenvalue weighted by Crippen LogP contribution is 2.21.